The number of hydrogen-bond acceptors (Lipinski definition) is 5. The van der Waals surface area contributed by atoms with Crippen LogP contribution in [0.3, 0.4) is 0 Å². The Labute approximate surface area is 167 Å². The highest BCUT2D eigenvalue weighted by atomic mass is 16.6. The third-order valence-electron chi connectivity index (χ3n) is 5.33. The number of carbonyl (C=O) groups is 3. The molecular weight excluding hydrogens is 376 g/mol. The standard InChI is InChI=1S/C21H20N2O6/c1-28-15-9-7-13(8-10-15)11-22-18(20(25)26)17(19(22)24)23-16(12-29-21(23)27)14-5-3-2-4-6-14/h2-10,16-18H,11-12H2,1H3,(H,25,26)/t16-,17+,18+/m1/s1. The number of hydrogen-bond donors (Lipinski definition) is 1. The van der Waals surface area contributed by atoms with Crippen LogP contribution >= 0.6 is 0 Å². The molecule has 2 aliphatic rings. The predicted octanol–water partition coefficient (Wildman–Crippen LogP) is 2.05. The van der Waals surface area contributed by atoms with E-state index >= 15 is 0 Å². The fourth-order valence-electron chi connectivity index (χ4n) is 3.85. The monoisotopic (exact) mass is 396 g/mol. The lowest BCUT2D eigenvalue weighted by atomic mass is 9.90. The average molecular weight is 396 g/mol. The second-order valence-electron chi connectivity index (χ2n) is 6.95. The van der Waals surface area contributed by atoms with E-state index in [1.54, 1.807) is 31.4 Å². The van der Waals surface area contributed by atoms with Gasteiger partial charge in [0.25, 0.3) is 0 Å². The van der Waals surface area contributed by atoms with Crippen molar-refractivity contribution in [2.75, 3.05) is 13.7 Å². The molecule has 2 heterocycles. The van der Waals surface area contributed by atoms with Crippen LogP contribution in [0.4, 0.5) is 4.79 Å². The molecule has 2 saturated heterocycles. The van der Waals surface area contributed by atoms with Gasteiger partial charge in [-0.25, -0.2) is 9.59 Å². The molecule has 29 heavy (non-hydrogen) atoms. The maximum atomic E-state index is 12.9. The highest BCUT2D eigenvalue weighted by molar-refractivity contribution is 6.01. The van der Waals surface area contributed by atoms with Crippen LogP contribution < -0.4 is 4.74 Å². The SMILES string of the molecule is COc1ccc(CN2C(=O)[C@@H](N3C(=O)OC[C@@H]3c3ccccc3)[C@H]2C(=O)O)cc1. The third kappa shape index (κ3) is 3.26. The molecule has 0 bridgehead atoms. The van der Waals surface area contributed by atoms with Crippen LogP contribution in [0.5, 0.6) is 5.75 Å². The van der Waals surface area contributed by atoms with Crippen molar-refractivity contribution < 1.29 is 29.0 Å². The number of cyclic esters (lactones) is 1. The zero-order valence-corrected chi connectivity index (χ0v) is 15.7. The van der Waals surface area contributed by atoms with Crippen LogP contribution in [0, 0.1) is 0 Å². The molecule has 1 N–H and O–H groups in total. The Morgan fingerprint density at radius 2 is 1.83 bits per heavy atom. The van der Waals surface area contributed by atoms with Crippen LogP contribution in [0.2, 0.25) is 0 Å². The first kappa shape index (κ1) is 18.8. The van der Waals surface area contributed by atoms with E-state index in [-0.39, 0.29) is 13.2 Å². The lowest BCUT2D eigenvalue weighted by Crippen LogP contribution is -2.73. The largest absolute Gasteiger partial charge is 0.497 e. The normalized spacial score (nSPS) is 23.6. The molecule has 3 atom stereocenters. The minimum absolute atomic E-state index is 0.0808. The predicted molar refractivity (Wildman–Crippen MR) is 101 cm³/mol. The molecule has 0 aromatic heterocycles. The molecule has 0 saturated carbocycles. The number of methoxy groups -OCH3 is 1. The Bertz CT molecular complexity index is 930. The van der Waals surface area contributed by atoms with Gasteiger partial charge >= 0.3 is 12.1 Å². The minimum Gasteiger partial charge on any atom is -0.497 e. The van der Waals surface area contributed by atoms with Crippen LogP contribution in [0.25, 0.3) is 0 Å². The Kier molecular flexibility index (Phi) is 4.84. The zero-order chi connectivity index (χ0) is 20.5. The second-order valence-corrected chi connectivity index (χ2v) is 6.95. The second kappa shape index (κ2) is 7.46. The number of rotatable bonds is 6. The van der Waals surface area contributed by atoms with E-state index in [4.69, 9.17) is 9.47 Å². The topological polar surface area (TPSA) is 96.4 Å². The van der Waals surface area contributed by atoms with Crippen molar-refractivity contribution >= 4 is 18.0 Å². The quantitative estimate of drug-likeness (QED) is 0.751. The third-order valence-corrected chi connectivity index (χ3v) is 5.33. The van der Waals surface area contributed by atoms with Crippen LogP contribution in [-0.2, 0) is 20.9 Å². The summed E-state index contributed by atoms with van der Waals surface area (Å²) < 4.78 is 10.3. The van der Waals surface area contributed by atoms with E-state index in [0.717, 1.165) is 11.1 Å². The summed E-state index contributed by atoms with van der Waals surface area (Å²) in [5.74, 6) is -0.899. The molecular formula is C21H20N2O6. The summed E-state index contributed by atoms with van der Waals surface area (Å²) in [6.07, 6.45) is -0.674. The van der Waals surface area contributed by atoms with Crippen molar-refractivity contribution in [3.63, 3.8) is 0 Å². The molecule has 4 rings (SSSR count). The summed E-state index contributed by atoms with van der Waals surface area (Å²) in [4.78, 5) is 39.8. The number of aliphatic carboxylic acids is 1. The molecule has 0 unspecified atom stereocenters. The van der Waals surface area contributed by atoms with Crippen molar-refractivity contribution in [2.45, 2.75) is 24.7 Å². The van der Waals surface area contributed by atoms with E-state index in [0.29, 0.717) is 5.75 Å². The number of carboxylic acids is 1. The summed E-state index contributed by atoms with van der Waals surface area (Å²) in [6, 6.07) is 13.5. The Balaban J connectivity index is 1.58. The van der Waals surface area contributed by atoms with E-state index < -0.39 is 36.1 Å². The van der Waals surface area contributed by atoms with Gasteiger partial charge in [0.05, 0.1) is 13.2 Å². The number of carboxylic acid groups (broad SMARTS) is 1. The van der Waals surface area contributed by atoms with Gasteiger partial charge in [0.15, 0.2) is 6.04 Å². The number of nitrogens with zero attached hydrogens (tertiary/aromatic N) is 2. The molecule has 2 aromatic rings. The van der Waals surface area contributed by atoms with Gasteiger partial charge < -0.3 is 19.5 Å². The first-order valence-electron chi connectivity index (χ1n) is 9.17. The number of carbonyl (C=O) groups excluding carboxylic acids is 2. The number of β-lactam (4-membered cyclic amide) rings is 1. The van der Waals surface area contributed by atoms with E-state index in [1.165, 1.54) is 9.80 Å². The number of amides is 2. The average Bonchev–Trinajstić information content (AvgIpc) is 3.11. The van der Waals surface area contributed by atoms with Crippen LogP contribution in [-0.4, -0.2) is 58.7 Å². The fourth-order valence-corrected chi connectivity index (χ4v) is 3.85. The Morgan fingerprint density at radius 3 is 2.45 bits per heavy atom. The number of likely N-dealkylation sites (tertiary alicyclic amines) is 1. The van der Waals surface area contributed by atoms with E-state index in [9.17, 15) is 19.5 Å². The van der Waals surface area contributed by atoms with Crippen molar-refractivity contribution in [1.82, 2.24) is 9.80 Å². The van der Waals surface area contributed by atoms with E-state index in [2.05, 4.69) is 0 Å². The van der Waals surface area contributed by atoms with Crippen molar-refractivity contribution in [1.29, 1.82) is 0 Å². The van der Waals surface area contributed by atoms with Gasteiger partial charge in [-0.2, -0.15) is 0 Å². The number of ether oxygens (including phenoxy) is 2. The molecule has 0 aliphatic carbocycles. The minimum atomic E-state index is -1.16. The van der Waals surface area contributed by atoms with E-state index in [1.807, 2.05) is 30.3 Å². The number of benzene rings is 2. The lowest BCUT2D eigenvalue weighted by Gasteiger charge is -2.48. The molecule has 2 aliphatic heterocycles. The lowest BCUT2D eigenvalue weighted by molar-refractivity contribution is -0.173. The van der Waals surface area contributed by atoms with Gasteiger partial charge in [-0.1, -0.05) is 42.5 Å². The van der Waals surface area contributed by atoms with Gasteiger partial charge in [0, 0.05) is 6.54 Å². The zero-order valence-electron chi connectivity index (χ0n) is 15.7. The van der Waals surface area contributed by atoms with Gasteiger partial charge in [0.2, 0.25) is 5.91 Å². The Morgan fingerprint density at radius 1 is 1.14 bits per heavy atom. The highest BCUT2D eigenvalue weighted by Crippen LogP contribution is 2.37. The van der Waals surface area contributed by atoms with Crippen molar-refractivity contribution in [3.8, 4) is 5.75 Å². The molecule has 2 amide bonds. The summed E-state index contributed by atoms with van der Waals surface area (Å²) in [7, 11) is 1.55. The molecule has 0 radical (unpaired) electrons. The van der Waals surface area contributed by atoms with Gasteiger partial charge in [0.1, 0.15) is 18.4 Å². The smallest absolute Gasteiger partial charge is 0.411 e. The fraction of sp³-hybridized carbons (Fsp3) is 0.286. The first-order chi connectivity index (χ1) is 14.0. The molecule has 8 heteroatoms. The Hall–Kier alpha value is -3.55. The first-order valence-corrected chi connectivity index (χ1v) is 9.17. The van der Waals surface area contributed by atoms with Crippen molar-refractivity contribution in [2.24, 2.45) is 0 Å². The molecule has 150 valence electrons. The van der Waals surface area contributed by atoms with Gasteiger partial charge in [-0.05, 0) is 23.3 Å². The molecule has 0 spiro atoms. The maximum Gasteiger partial charge on any atom is 0.411 e. The molecule has 8 nitrogen and oxygen atoms in total. The van der Waals surface area contributed by atoms with Gasteiger partial charge in [-0.15, -0.1) is 0 Å². The van der Waals surface area contributed by atoms with Crippen LogP contribution in [0.1, 0.15) is 17.2 Å². The van der Waals surface area contributed by atoms with Gasteiger partial charge in [-0.3, -0.25) is 9.69 Å². The van der Waals surface area contributed by atoms with Crippen LogP contribution in [0.15, 0.2) is 54.6 Å². The summed E-state index contributed by atoms with van der Waals surface area (Å²) in [5.41, 5.74) is 1.57. The summed E-state index contributed by atoms with van der Waals surface area (Å²) in [5, 5.41) is 9.76. The highest BCUT2D eigenvalue weighted by Gasteiger charge is 2.59. The summed E-state index contributed by atoms with van der Waals surface area (Å²) >= 11 is 0. The maximum absolute atomic E-state index is 12.9. The summed E-state index contributed by atoms with van der Waals surface area (Å²) in [6.45, 7) is 0.215. The molecule has 2 aromatic carbocycles. The van der Waals surface area contributed by atoms with Crippen molar-refractivity contribution in [3.05, 3.63) is 65.7 Å². The molecule has 2 fully saturated rings.